The molecule has 10 heteroatoms. The second-order valence-corrected chi connectivity index (χ2v) is 11.5. The van der Waals surface area contributed by atoms with Gasteiger partial charge in [-0.2, -0.15) is 5.10 Å². The maximum absolute atomic E-state index is 13.4. The summed E-state index contributed by atoms with van der Waals surface area (Å²) < 4.78 is 28.1. The Balaban J connectivity index is 1.52. The van der Waals surface area contributed by atoms with Gasteiger partial charge in [-0.15, -0.1) is 0 Å². The van der Waals surface area contributed by atoms with Crippen LogP contribution in [0.3, 0.4) is 0 Å². The van der Waals surface area contributed by atoms with Crippen LogP contribution in [0.1, 0.15) is 47.4 Å². The van der Waals surface area contributed by atoms with Gasteiger partial charge in [0.2, 0.25) is 0 Å². The minimum atomic E-state index is -3.11. The summed E-state index contributed by atoms with van der Waals surface area (Å²) in [5.41, 5.74) is 4.49. The second kappa shape index (κ2) is 9.85. The number of rotatable bonds is 8. The molecule has 4 heterocycles. The molecule has 1 fully saturated rings. The third kappa shape index (κ3) is 4.90. The molecule has 1 aliphatic heterocycles. The molecule has 4 aromatic rings. The van der Waals surface area contributed by atoms with Crippen LogP contribution in [0, 0.1) is 6.92 Å². The molecule has 0 radical (unpaired) electrons. The van der Waals surface area contributed by atoms with Crippen LogP contribution in [-0.4, -0.2) is 56.7 Å². The molecular weight excluding hydrogens is 476 g/mol. The monoisotopic (exact) mass is 506 g/mol. The van der Waals surface area contributed by atoms with Gasteiger partial charge in [0.1, 0.15) is 0 Å². The van der Waals surface area contributed by atoms with E-state index in [9.17, 15) is 13.2 Å². The van der Waals surface area contributed by atoms with E-state index in [0.717, 1.165) is 24.9 Å². The molecule has 0 aliphatic carbocycles. The molecule has 1 N–H and O–H groups in total. The maximum Gasteiger partial charge on any atom is 0.252 e. The highest BCUT2D eigenvalue weighted by molar-refractivity contribution is 7.91. The Morgan fingerprint density at radius 2 is 2.03 bits per heavy atom. The average Bonchev–Trinajstić information content (AvgIpc) is 3.60. The van der Waals surface area contributed by atoms with Gasteiger partial charge in [0.25, 0.3) is 5.91 Å². The number of carbonyl (C=O) groups excluding carboxylic acids is 1. The molecule has 188 valence electrons. The van der Waals surface area contributed by atoms with Crippen LogP contribution in [0.25, 0.3) is 22.3 Å². The number of nitrogens with zero attached hydrogens (tertiary/aromatic N) is 5. The van der Waals surface area contributed by atoms with Crippen molar-refractivity contribution in [2.24, 2.45) is 0 Å². The van der Waals surface area contributed by atoms with Crippen molar-refractivity contribution in [1.29, 1.82) is 0 Å². The number of benzene rings is 1. The standard InChI is InChI=1S/C26H30N6O3S/c1-3-19-5-7-20(8-6-19)23-15-22(26(33)28-10-4-12-31-13-11-27-17-31)24-18(2)30-32(25(24)29-23)21-9-14-36(34,35)16-21/h5-8,11,13,15,17,21H,3-4,9-10,12,14,16H2,1-2H3,(H,28,33). The van der Waals surface area contributed by atoms with Crippen molar-refractivity contribution >= 4 is 26.8 Å². The van der Waals surface area contributed by atoms with E-state index in [0.29, 0.717) is 41.0 Å². The number of hydrogen-bond acceptors (Lipinski definition) is 6. The molecule has 0 bridgehead atoms. The largest absolute Gasteiger partial charge is 0.352 e. The van der Waals surface area contributed by atoms with Gasteiger partial charge in [0.05, 0.1) is 46.2 Å². The first-order chi connectivity index (χ1) is 17.3. The highest BCUT2D eigenvalue weighted by atomic mass is 32.2. The summed E-state index contributed by atoms with van der Waals surface area (Å²) in [5, 5.41) is 8.38. The molecule has 3 aromatic heterocycles. The molecule has 1 amide bonds. The normalized spacial score (nSPS) is 17.0. The molecule has 1 unspecified atom stereocenters. The first-order valence-electron chi connectivity index (χ1n) is 12.3. The molecule has 5 rings (SSSR count). The van der Waals surface area contributed by atoms with Crippen molar-refractivity contribution < 1.29 is 13.2 Å². The molecule has 1 atom stereocenters. The van der Waals surface area contributed by atoms with E-state index in [2.05, 4.69) is 34.5 Å². The van der Waals surface area contributed by atoms with Crippen molar-refractivity contribution in [1.82, 2.24) is 29.6 Å². The van der Waals surface area contributed by atoms with Gasteiger partial charge >= 0.3 is 0 Å². The number of aryl methyl sites for hydroxylation is 3. The Morgan fingerprint density at radius 1 is 1.22 bits per heavy atom. The molecule has 1 saturated heterocycles. The zero-order valence-electron chi connectivity index (χ0n) is 20.5. The van der Waals surface area contributed by atoms with Crippen LogP contribution in [0.2, 0.25) is 0 Å². The first-order valence-corrected chi connectivity index (χ1v) is 14.1. The van der Waals surface area contributed by atoms with Crippen LogP contribution in [0.5, 0.6) is 0 Å². The molecule has 36 heavy (non-hydrogen) atoms. The summed E-state index contributed by atoms with van der Waals surface area (Å²) in [7, 11) is -3.11. The topological polar surface area (TPSA) is 112 Å². The maximum atomic E-state index is 13.4. The molecule has 9 nitrogen and oxygen atoms in total. The van der Waals surface area contributed by atoms with Crippen molar-refractivity contribution in [3.63, 3.8) is 0 Å². The lowest BCUT2D eigenvalue weighted by Gasteiger charge is -2.13. The fourth-order valence-electron chi connectivity index (χ4n) is 4.75. The first kappa shape index (κ1) is 24.2. The number of hydrogen-bond donors (Lipinski definition) is 1. The van der Waals surface area contributed by atoms with Crippen LogP contribution >= 0.6 is 0 Å². The van der Waals surface area contributed by atoms with Gasteiger partial charge in [0, 0.05) is 31.0 Å². The van der Waals surface area contributed by atoms with E-state index in [1.807, 2.05) is 35.9 Å². The lowest BCUT2D eigenvalue weighted by Crippen LogP contribution is -2.25. The Kier molecular flexibility index (Phi) is 6.61. The number of nitrogens with one attached hydrogen (secondary N) is 1. The van der Waals surface area contributed by atoms with Crippen LogP contribution < -0.4 is 5.32 Å². The van der Waals surface area contributed by atoms with Crippen molar-refractivity contribution in [3.8, 4) is 11.3 Å². The fraction of sp³-hybridized carbons (Fsp3) is 0.385. The highest BCUT2D eigenvalue weighted by Crippen LogP contribution is 2.32. The van der Waals surface area contributed by atoms with E-state index in [4.69, 9.17) is 4.98 Å². The summed E-state index contributed by atoms with van der Waals surface area (Å²) in [6.45, 7) is 5.21. The smallest absolute Gasteiger partial charge is 0.252 e. The third-order valence-electron chi connectivity index (χ3n) is 6.73. The van der Waals surface area contributed by atoms with E-state index in [-0.39, 0.29) is 23.5 Å². The zero-order chi connectivity index (χ0) is 25.3. The lowest BCUT2D eigenvalue weighted by atomic mass is 10.0. The molecule has 0 spiro atoms. The third-order valence-corrected chi connectivity index (χ3v) is 8.48. The van der Waals surface area contributed by atoms with Crippen molar-refractivity contribution in [3.05, 3.63) is 65.9 Å². The zero-order valence-corrected chi connectivity index (χ0v) is 21.3. The van der Waals surface area contributed by atoms with Gasteiger partial charge in [-0.25, -0.2) is 23.1 Å². The van der Waals surface area contributed by atoms with Gasteiger partial charge < -0.3 is 9.88 Å². The van der Waals surface area contributed by atoms with Crippen molar-refractivity contribution in [2.45, 2.75) is 45.7 Å². The summed E-state index contributed by atoms with van der Waals surface area (Å²) in [4.78, 5) is 22.3. The summed E-state index contributed by atoms with van der Waals surface area (Å²) in [5.74, 6) is -0.0162. The predicted octanol–water partition coefficient (Wildman–Crippen LogP) is 3.35. The Hall–Kier alpha value is -3.53. The summed E-state index contributed by atoms with van der Waals surface area (Å²) in [6, 6.07) is 9.66. The van der Waals surface area contributed by atoms with Crippen LogP contribution in [0.4, 0.5) is 0 Å². The summed E-state index contributed by atoms with van der Waals surface area (Å²) in [6.07, 6.45) is 7.57. The number of carbonyl (C=O) groups is 1. The second-order valence-electron chi connectivity index (χ2n) is 9.30. The Morgan fingerprint density at radius 3 is 2.69 bits per heavy atom. The predicted molar refractivity (Wildman–Crippen MR) is 139 cm³/mol. The Labute approximate surface area is 210 Å². The van der Waals surface area contributed by atoms with Crippen LogP contribution in [0.15, 0.2) is 49.1 Å². The minimum Gasteiger partial charge on any atom is -0.352 e. The number of amides is 1. The molecule has 1 aromatic carbocycles. The average molecular weight is 507 g/mol. The van der Waals surface area contributed by atoms with Gasteiger partial charge in [-0.1, -0.05) is 31.2 Å². The number of pyridine rings is 1. The summed E-state index contributed by atoms with van der Waals surface area (Å²) >= 11 is 0. The van der Waals surface area contributed by atoms with E-state index in [1.54, 1.807) is 17.2 Å². The van der Waals surface area contributed by atoms with E-state index < -0.39 is 9.84 Å². The number of sulfone groups is 1. The highest BCUT2D eigenvalue weighted by Gasteiger charge is 2.32. The number of fused-ring (bicyclic) bond motifs is 1. The van der Waals surface area contributed by atoms with E-state index >= 15 is 0 Å². The lowest BCUT2D eigenvalue weighted by molar-refractivity contribution is 0.0954. The van der Waals surface area contributed by atoms with E-state index in [1.165, 1.54) is 5.56 Å². The number of imidazole rings is 1. The van der Waals surface area contributed by atoms with Gasteiger partial charge in [-0.3, -0.25) is 4.79 Å². The van der Waals surface area contributed by atoms with Crippen LogP contribution in [-0.2, 0) is 22.8 Å². The van der Waals surface area contributed by atoms with Gasteiger partial charge in [-0.05, 0) is 37.8 Å². The Bertz CT molecular complexity index is 1490. The van der Waals surface area contributed by atoms with Gasteiger partial charge in [0.15, 0.2) is 15.5 Å². The molecule has 1 aliphatic rings. The molecular formula is C26H30N6O3S. The minimum absolute atomic E-state index is 0.0378. The SMILES string of the molecule is CCc1ccc(-c2cc(C(=O)NCCCn3ccnc3)c3c(C)nn(C4CCS(=O)(=O)C4)c3n2)cc1. The fourth-order valence-corrected chi connectivity index (χ4v) is 6.44. The quantitative estimate of drug-likeness (QED) is 0.367. The van der Waals surface area contributed by atoms with Crippen molar-refractivity contribution in [2.75, 3.05) is 18.1 Å². The molecule has 0 saturated carbocycles. The number of aromatic nitrogens is 5.